The third-order valence-electron chi connectivity index (χ3n) is 6.44. The summed E-state index contributed by atoms with van der Waals surface area (Å²) in [6.07, 6.45) is 13.4. The molecule has 4 rings (SSSR count). The quantitative estimate of drug-likeness (QED) is 0.363. The van der Waals surface area contributed by atoms with Crippen molar-refractivity contribution in [3.63, 3.8) is 0 Å². The van der Waals surface area contributed by atoms with Gasteiger partial charge in [-0.3, -0.25) is 4.99 Å². The highest BCUT2D eigenvalue weighted by Crippen LogP contribution is 2.22. The molecule has 3 fully saturated rings. The summed E-state index contributed by atoms with van der Waals surface area (Å²) in [5, 5.41) is 3.79. The summed E-state index contributed by atoms with van der Waals surface area (Å²) >= 11 is 0. The Bertz CT molecular complexity index is 579. The molecule has 3 heterocycles. The molecule has 0 spiro atoms. The maximum Gasteiger partial charge on any atom is 0.194 e. The predicted octanol–water partition coefficient (Wildman–Crippen LogP) is 4.14. The lowest BCUT2D eigenvalue weighted by atomic mass is 10.1. The average Bonchev–Trinajstić information content (AvgIpc) is 3.45. The standard InChI is InChI=1S/C22H36N4O.HI/c1-4-13-25(14-5-1)17-19-11-15-26(18-19)22(24-20-7-2-3-8-20)23-12-10-21-9-6-16-27-21;/h6,9,16,19-20H,1-5,7-8,10-15,17-18H2,(H,23,24);1H. The van der Waals surface area contributed by atoms with Gasteiger partial charge in [-0.1, -0.05) is 19.3 Å². The van der Waals surface area contributed by atoms with E-state index in [1.54, 1.807) is 6.26 Å². The molecule has 0 bridgehead atoms. The number of hydrogen-bond donors (Lipinski definition) is 1. The molecule has 2 aliphatic heterocycles. The lowest BCUT2D eigenvalue weighted by molar-refractivity contribution is 0.198. The summed E-state index contributed by atoms with van der Waals surface area (Å²) in [5.41, 5.74) is 0. The van der Waals surface area contributed by atoms with Crippen LogP contribution in [0.1, 0.15) is 57.1 Å². The Morgan fingerprint density at radius 1 is 1.07 bits per heavy atom. The minimum absolute atomic E-state index is 0. The van der Waals surface area contributed by atoms with Gasteiger partial charge >= 0.3 is 0 Å². The van der Waals surface area contributed by atoms with Crippen LogP contribution in [0.2, 0.25) is 0 Å². The maximum absolute atomic E-state index is 5.47. The first-order valence-electron chi connectivity index (χ1n) is 11.2. The molecular formula is C22H37IN4O. The normalized spacial score (nSPS) is 24.5. The molecule has 0 radical (unpaired) electrons. The van der Waals surface area contributed by atoms with Gasteiger partial charge in [0.25, 0.3) is 0 Å². The van der Waals surface area contributed by atoms with Crippen LogP contribution in [0.3, 0.4) is 0 Å². The SMILES string of the molecule is I.c1coc(CCN=C(NC2CCCC2)N2CCC(CN3CCCCC3)C2)c1. The first kappa shape index (κ1) is 21.9. The molecule has 0 amide bonds. The first-order valence-corrected chi connectivity index (χ1v) is 11.2. The highest BCUT2D eigenvalue weighted by Gasteiger charge is 2.28. The number of furan rings is 1. The van der Waals surface area contributed by atoms with Gasteiger partial charge in [0.15, 0.2) is 5.96 Å². The zero-order chi connectivity index (χ0) is 18.3. The van der Waals surface area contributed by atoms with Crippen LogP contribution >= 0.6 is 24.0 Å². The van der Waals surface area contributed by atoms with Gasteiger partial charge in [-0.15, -0.1) is 24.0 Å². The predicted molar refractivity (Wildman–Crippen MR) is 125 cm³/mol. The zero-order valence-electron chi connectivity index (χ0n) is 17.2. The molecule has 1 aromatic rings. The molecule has 1 aliphatic carbocycles. The molecule has 1 aromatic heterocycles. The number of rotatable bonds is 6. The molecule has 28 heavy (non-hydrogen) atoms. The van der Waals surface area contributed by atoms with Crippen LogP contribution in [-0.2, 0) is 6.42 Å². The fraction of sp³-hybridized carbons (Fsp3) is 0.773. The molecule has 158 valence electrons. The Morgan fingerprint density at radius 2 is 1.89 bits per heavy atom. The van der Waals surface area contributed by atoms with Crippen molar-refractivity contribution in [1.82, 2.24) is 15.1 Å². The number of likely N-dealkylation sites (tertiary alicyclic amines) is 2. The van der Waals surface area contributed by atoms with Crippen molar-refractivity contribution < 1.29 is 4.42 Å². The zero-order valence-corrected chi connectivity index (χ0v) is 19.5. The summed E-state index contributed by atoms with van der Waals surface area (Å²) in [5.74, 6) is 2.97. The second kappa shape index (κ2) is 11.4. The van der Waals surface area contributed by atoms with Crippen molar-refractivity contribution in [2.45, 2.75) is 63.8 Å². The molecule has 1 unspecified atom stereocenters. The maximum atomic E-state index is 5.47. The number of nitrogens with zero attached hydrogens (tertiary/aromatic N) is 3. The van der Waals surface area contributed by atoms with Gasteiger partial charge in [0.1, 0.15) is 5.76 Å². The van der Waals surface area contributed by atoms with E-state index >= 15 is 0 Å². The van der Waals surface area contributed by atoms with Crippen molar-refractivity contribution in [3.05, 3.63) is 24.2 Å². The molecule has 0 aromatic carbocycles. The molecule has 1 N–H and O–H groups in total. The van der Waals surface area contributed by atoms with Crippen molar-refractivity contribution in [3.8, 4) is 0 Å². The van der Waals surface area contributed by atoms with E-state index in [-0.39, 0.29) is 24.0 Å². The summed E-state index contributed by atoms with van der Waals surface area (Å²) in [6, 6.07) is 4.63. The Balaban J connectivity index is 0.00000225. The van der Waals surface area contributed by atoms with E-state index in [9.17, 15) is 0 Å². The Hall–Kier alpha value is -0.760. The number of hydrogen-bond acceptors (Lipinski definition) is 3. The molecule has 1 saturated carbocycles. The number of halogens is 1. The number of nitrogens with one attached hydrogen (secondary N) is 1. The van der Waals surface area contributed by atoms with E-state index in [2.05, 4.69) is 15.1 Å². The van der Waals surface area contributed by atoms with Crippen LogP contribution < -0.4 is 5.32 Å². The van der Waals surface area contributed by atoms with Gasteiger partial charge in [-0.2, -0.15) is 0 Å². The smallest absolute Gasteiger partial charge is 0.194 e. The highest BCUT2D eigenvalue weighted by atomic mass is 127. The van der Waals surface area contributed by atoms with Crippen LogP contribution in [-0.4, -0.2) is 61.1 Å². The van der Waals surface area contributed by atoms with E-state index in [1.807, 2.05) is 12.1 Å². The molecule has 5 nitrogen and oxygen atoms in total. The number of aliphatic imine (C=N–C) groups is 1. The number of piperidine rings is 1. The second-order valence-electron chi connectivity index (χ2n) is 8.62. The Morgan fingerprint density at radius 3 is 2.64 bits per heavy atom. The van der Waals surface area contributed by atoms with E-state index in [0.29, 0.717) is 6.04 Å². The van der Waals surface area contributed by atoms with Gasteiger partial charge in [0.05, 0.1) is 6.26 Å². The van der Waals surface area contributed by atoms with E-state index in [1.165, 1.54) is 71.0 Å². The summed E-state index contributed by atoms with van der Waals surface area (Å²) in [4.78, 5) is 10.2. The average molecular weight is 500 g/mol. The van der Waals surface area contributed by atoms with Crippen LogP contribution in [0.4, 0.5) is 0 Å². The van der Waals surface area contributed by atoms with Crippen molar-refractivity contribution in [2.75, 3.05) is 39.3 Å². The molecule has 2 saturated heterocycles. The minimum Gasteiger partial charge on any atom is -0.469 e. The number of guanidine groups is 1. The monoisotopic (exact) mass is 500 g/mol. The Labute approximate surface area is 187 Å². The molecule has 1 atom stereocenters. The summed E-state index contributed by atoms with van der Waals surface area (Å²) in [6.45, 7) is 7.00. The van der Waals surface area contributed by atoms with Gasteiger partial charge < -0.3 is 19.5 Å². The van der Waals surface area contributed by atoms with Crippen molar-refractivity contribution in [1.29, 1.82) is 0 Å². The first-order chi connectivity index (χ1) is 13.4. The molecule has 3 aliphatic rings. The fourth-order valence-corrected chi connectivity index (χ4v) is 4.90. The molecular weight excluding hydrogens is 463 g/mol. The van der Waals surface area contributed by atoms with E-state index < -0.39 is 0 Å². The minimum atomic E-state index is 0. The van der Waals surface area contributed by atoms with Crippen molar-refractivity contribution >= 4 is 29.9 Å². The van der Waals surface area contributed by atoms with Crippen LogP contribution in [0.25, 0.3) is 0 Å². The third-order valence-corrected chi connectivity index (χ3v) is 6.44. The Kier molecular flexibility index (Phi) is 8.96. The van der Waals surface area contributed by atoms with Gasteiger partial charge in [-0.25, -0.2) is 0 Å². The van der Waals surface area contributed by atoms with Gasteiger partial charge in [-0.05, 0) is 63.2 Å². The van der Waals surface area contributed by atoms with Gasteiger partial charge in [0.2, 0.25) is 0 Å². The van der Waals surface area contributed by atoms with Crippen LogP contribution in [0.5, 0.6) is 0 Å². The summed E-state index contributed by atoms with van der Waals surface area (Å²) < 4.78 is 5.47. The highest BCUT2D eigenvalue weighted by molar-refractivity contribution is 14.0. The lowest BCUT2D eigenvalue weighted by Crippen LogP contribution is -2.45. The third kappa shape index (κ3) is 6.37. The van der Waals surface area contributed by atoms with Crippen molar-refractivity contribution in [2.24, 2.45) is 10.9 Å². The summed E-state index contributed by atoms with van der Waals surface area (Å²) in [7, 11) is 0. The second-order valence-corrected chi connectivity index (χ2v) is 8.62. The largest absolute Gasteiger partial charge is 0.469 e. The van der Waals surface area contributed by atoms with Crippen LogP contribution in [0.15, 0.2) is 27.8 Å². The van der Waals surface area contributed by atoms with E-state index in [0.717, 1.165) is 43.7 Å². The van der Waals surface area contributed by atoms with Gasteiger partial charge in [0, 0.05) is 38.6 Å². The fourth-order valence-electron chi connectivity index (χ4n) is 4.90. The lowest BCUT2D eigenvalue weighted by Gasteiger charge is -2.29. The van der Waals surface area contributed by atoms with Crippen LogP contribution in [0, 0.1) is 5.92 Å². The molecule has 6 heteroatoms. The van der Waals surface area contributed by atoms with E-state index in [4.69, 9.17) is 9.41 Å². The topological polar surface area (TPSA) is 44.0 Å².